The Kier molecular flexibility index (Phi) is 6.72. The highest BCUT2D eigenvalue weighted by Crippen LogP contribution is 2.75. The van der Waals surface area contributed by atoms with Gasteiger partial charge in [-0.15, -0.1) is 0 Å². The molecule has 12 atom stereocenters. The van der Waals surface area contributed by atoms with Gasteiger partial charge in [-0.25, -0.2) is 0 Å². The number of aliphatic hydroxyl groups is 5. The molecule has 0 aromatic heterocycles. The highest BCUT2D eigenvalue weighted by atomic mass is 16.3. The van der Waals surface area contributed by atoms with Crippen molar-refractivity contribution in [1.82, 2.24) is 0 Å². The quantitative estimate of drug-likeness (QED) is 0.374. The van der Waals surface area contributed by atoms with E-state index in [2.05, 4.69) is 40.7 Å². The topological polar surface area (TPSA) is 101 Å². The molecule has 4 fully saturated rings. The molecule has 0 saturated heterocycles. The third-order valence-electron chi connectivity index (χ3n) is 12.4. The van der Waals surface area contributed by atoms with E-state index in [1.807, 2.05) is 20.8 Å². The molecule has 0 aromatic rings. The Morgan fingerprint density at radius 3 is 2.20 bits per heavy atom. The van der Waals surface area contributed by atoms with Crippen LogP contribution in [0.5, 0.6) is 0 Å². The summed E-state index contributed by atoms with van der Waals surface area (Å²) in [5, 5.41) is 57.9. The van der Waals surface area contributed by atoms with E-state index in [1.165, 1.54) is 5.57 Å². The number of allylic oxidation sites excluding steroid dienone is 2. The van der Waals surface area contributed by atoms with Crippen LogP contribution in [-0.4, -0.2) is 55.5 Å². The molecule has 0 spiro atoms. The number of aliphatic hydroxyl groups excluding tert-OH is 4. The Morgan fingerprint density at radius 1 is 0.971 bits per heavy atom. The van der Waals surface area contributed by atoms with Crippen LogP contribution in [0.25, 0.3) is 0 Å². The van der Waals surface area contributed by atoms with Crippen LogP contribution < -0.4 is 0 Å². The normalized spacial score (nSPS) is 52.6. The SMILES string of the molecule is CC(C)=CCC[C@](C)(O)[C@H]1CC[C@]2(C)C1[C@H](O)CC1[C@@]3(C)CC[C@H](O)C(C)(C)C3[C@@H](O)[C@H](O)[C@]12C. The molecule has 4 rings (SSSR count). The van der Waals surface area contributed by atoms with E-state index < -0.39 is 46.3 Å². The maximum Gasteiger partial charge on any atom is 0.0863 e. The molecule has 4 aliphatic rings. The minimum Gasteiger partial charge on any atom is -0.393 e. The van der Waals surface area contributed by atoms with Gasteiger partial charge in [-0.3, -0.25) is 0 Å². The van der Waals surface area contributed by atoms with E-state index in [1.54, 1.807) is 0 Å². The first kappa shape index (κ1) is 27.6. The number of rotatable bonds is 4. The molecule has 0 radical (unpaired) electrons. The van der Waals surface area contributed by atoms with Gasteiger partial charge in [-0.05, 0) is 99.7 Å². The molecule has 202 valence electrons. The zero-order valence-corrected chi connectivity index (χ0v) is 23.4. The first-order valence-corrected chi connectivity index (χ1v) is 14.0. The summed E-state index contributed by atoms with van der Waals surface area (Å²) in [5.41, 5.74) is -1.48. The van der Waals surface area contributed by atoms with Crippen LogP contribution in [0.1, 0.15) is 100 Å². The summed E-state index contributed by atoms with van der Waals surface area (Å²) >= 11 is 0. The van der Waals surface area contributed by atoms with Gasteiger partial charge in [0.1, 0.15) is 0 Å². The lowest BCUT2D eigenvalue weighted by Crippen LogP contribution is -2.74. The summed E-state index contributed by atoms with van der Waals surface area (Å²) in [6.07, 6.45) is 4.34. The summed E-state index contributed by atoms with van der Waals surface area (Å²) in [4.78, 5) is 0. The molecule has 0 amide bonds. The Bertz CT molecular complexity index is 846. The minimum atomic E-state index is -0.940. The molecule has 4 aliphatic carbocycles. The number of hydrogen-bond acceptors (Lipinski definition) is 5. The molecule has 5 heteroatoms. The number of hydrogen-bond donors (Lipinski definition) is 5. The lowest BCUT2D eigenvalue weighted by Gasteiger charge is -2.72. The first-order valence-electron chi connectivity index (χ1n) is 14.0. The fraction of sp³-hybridized carbons (Fsp3) is 0.933. The van der Waals surface area contributed by atoms with Crippen molar-refractivity contribution in [3.63, 3.8) is 0 Å². The van der Waals surface area contributed by atoms with Crippen molar-refractivity contribution in [2.45, 2.75) is 130 Å². The summed E-state index contributed by atoms with van der Waals surface area (Å²) in [6.45, 7) is 16.7. The van der Waals surface area contributed by atoms with Crippen molar-refractivity contribution in [3.05, 3.63) is 11.6 Å². The molecular weight excluding hydrogens is 440 g/mol. The van der Waals surface area contributed by atoms with E-state index in [4.69, 9.17) is 0 Å². The lowest BCUT2D eigenvalue weighted by molar-refractivity contribution is -0.314. The predicted molar refractivity (Wildman–Crippen MR) is 138 cm³/mol. The molecule has 0 aromatic carbocycles. The molecule has 35 heavy (non-hydrogen) atoms. The molecule has 0 aliphatic heterocycles. The average Bonchev–Trinajstić information content (AvgIpc) is 3.12. The molecule has 5 nitrogen and oxygen atoms in total. The van der Waals surface area contributed by atoms with Crippen molar-refractivity contribution in [2.75, 3.05) is 0 Å². The number of fused-ring (bicyclic) bond motifs is 5. The van der Waals surface area contributed by atoms with Crippen molar-refractivity contribution < 1.29 is 25.5 Å². The Hall–Kier alpha value is -0.460. The Morgan fingerprint density at radius 2 is 1.60 bits per heavy atom. The van der Waals surface area contributed by atoms with Crippen molar-refractivity contribution in [2.24, 2.45) is 45.3 Å². The Labute approximate surface area is 213 Å². The maximum atomic E-state index is 11.9. The smallest absolute Gasteiger partial charge is 0.0863 e. The van der Waals surface area contributed by atoms with Gasteiger partial charge in [0.2, 0.25) is 0 Å². The highest BCUT2D eigenvalue weighted by molar-refractivity contribution is 5.24. The van der Waals surface area contributed by atoms with Crippen molar-refractivity contribution in [1.29, 1.82) is 0 Å². The predicted octanol–water partition coefficient (Wildman–Crippen LogP) is 4.44. The second-order valence-electron chi connectivity index (χ2n) is 14.7. The largest absolute Gasteiger partial charge is 0.393 e. The third kappa shape index (κ3) is 3.66. The summed E-state index contributed by atoms with van der Waals surface area (Å²) < 4.78 is 0. The van der Waals surface area contributed by atoms with E-state index in [-0.39, 0.29) is 29.1 Å². The summed E-state index contributed by atoms with van der Waals surface area (Å²) in [5.74, 6) is -0.403. The Balaban J connectivity index is 1.75. The van der Waals surface area contributed by atoms with Crippen LogP contribution in [0.15, 0.2) is 11.6 Å². The van der Waals surface area contributed by atoms with Gasteiger partial charge in [0.25, 0.3) is 0 Å². The van der Waals surface area contributed by atoms with Crippen LogP contribution >= 0.6 is 0 Å². The molecule has 0 heterocycles. The van der Waals surface area contributed by atoms with Crippen LogP contribution in [-0.2, 0) is 0 Å². The molecule has 5 N–H and O–H groups in total. The first-order chi connectivity index (χ1) is 16.0. The fourth-order valence-corrected chi connectivity index (χ4v) is 10.4. The van der Waals surface area contributed by atoms with Gasteiger partial charge < -0.3 is 25.5 Å². The molecule has 3 unspecified atom stereocenters. The van der Waals surface area contributed by atoms with E-state index >= 15 is 0 Å². The second kappa shape index (κ2) is 8.53. The van der Waals surface area contributed by atoms with Crippen molar-refractivity contribution in [3.8, 4) is 0 Å². The summed E-state index contributed by atoms with van der Waals surface area (Å²) in [7, 11) is 0. The highest BCUT2D eigenvalue weighted by Gasteiger charge is 2.75. The fourth-order valence-electron chi connectivity index (χ4n) is 10.4. The van der Waals surface area contributed by atoms with Gasteiger partial charge >= 0.3 is 0 Å². The second-order valence-corrected chi connectivity index (χ2v) is 14.7. The average molecular weight is 493 g/mol. The van der Waals surface area contributed by atoms with Crippen LogP contribution in [0, 0.1) is 45.3 Å². The van der Waals surface area contributed by atoms with Crippen LogP contribution in [0.2, 0.25) is 0 Å². The van der Waals surface area contributed by atoms with E-state index in [0.717, 1.165) is 25.7 Å². The van der Waals surface area contributed by atoms with Gasteiger partial charge in [0.15, 0.2) is 0 Å². The van der Waals surface area contributed by atoms with Gasteiger partial charge in [0, 0.05) is 11.3 Å². The van der Waals surface area contributed by atoms with E-state index in [0.29, 0.717) is 19.3 Å². The molecule has 0 bridgehead atoms. The van der Waals surface area contributed by atoms with Crippen molar-refractivity contribution >= 4 is 0 Å². The zero-order valence-electron chi connectivity index (χ0n) is 23.4. The van der Waals surface area contributed by atoms with Gasteiger partial charge in [-0.2, -0.15) is 0 Å². The third-order valence-corrected chi connectivity index (χ3v) is 12.4. The lowest BCUT2D eigenvalue weighted by atomic mass is 9.33. The zero-order chi connectivity index (χ0) is 26.4. The monoisotopic (exact) mass is 492 g/mol. The molecular formula is C30H52O5. The molecule has 4 saturated carbocycles. The summed E-state index contributed by atoms with van der Waals surface area (Å²) in [6, 6.07) is 0. The van der Waals surface area contributed by atoms with Crippen LogP contribution in [0.3, 0.4) is 0 Å². The van der Waals surface area contributed by atoms with Gasteiger partial charge in [-0.1, -0.05) is 46.3 Å². The maximum absolute atomic E-state index is 11.9. The van der Waals surface area contributed by atoms with E-state index in [9.17, 15) is 25.5 Å². The van der Waals surface area contributed by atoms with Gasteiger partial charge in [0.05, 0.1) is 30.0 Å². The van der Waals surface area contributed by atoms with Crippen LogP contribution in [0.4, 0.5) is 0 Å². The minimum absolute atomic E-state index is 0.0239. The standard InChI is InChI=1S/C30H52O5/c1-17(2)10-9-13-29(7,35)18-11-15-28(6)22(18)19(31)16-20-27(5)14-12-21(32)26(3,4)24(27)23(33)25(34)30(20,28)8/h10,18-25,31-35H,9,11-16H2,1-8H3/t18-,19+,20?,21-,22?,23+,24?,25-,27+,28+,29-,30-/m0/s1.